The summed E-state index contributed by atoms with van der Waals surface area (Å²) in [5.41, 5.74) is 3.20. The minimum Gasteiger partial charge on any atom is -0.369 e. The largest absolute Gasteiger partial charge is 0.369 e. The highest BCUT2D eigenvalue weighted by molar-refractivity contribution is 7.84. The number of aryl methyl sites for hydroxylation is 1. The first-order chi connectivity index (χ1) is 7.11. The van der Waals surface area contributed by atoms with Gasteiger partial charge < -0.3 is 5.32 Å². The first-order valence-electron chi connectivity index (χ1n) is 4.48. The van der Waals surface area contributed by atoms with E-state index in [4.69, 9.17) is 5.84 Å². The first kappa shape index (κ1) is 11.9. The molecule has 1 aromatic rings. The lowest BCUT2D eigenvalue weighted by molar-refractivity contribution is 0.687. The Hall–Kier alpha value is -1.21. The van der Waals surface area contributed by atoms with Crippen molar-refractivity contribution in [2.45, 2.75) is 6.92 Å². The van der Waals surface area contributed by atoms with Gasteiger partial charge in [0, 0.05) is 41.1 Å². The van der Waals surface area contributed by atoms with E-state index in [0.717, 1.165) is 5.69 Å². The Balaban J connectivity index is 2.60. The van der Waals surface area contributed by atoms with Gasteiger partial charge in [-0.3, -0.25) is 9.63 Å². The monoisotopic (exact) mass is 229 g/mol. The predicted octanol–water partition coefficient (Wildman–Crippen LogP) is -0.139. The van der Waals surface area contributed by atoms with E-state index in [0.29, 0.717) is 24.1 Å². The van der Waals surface area contributed by atoms with E-state index >= 15 is 0 Å². The van der Waals surface area contributed by atoms with Gasteiger partial charge >= 0.3 is 0 Å². The average Bonchev–Trinajstić information content (AvgIpc) is 2.16. The molecular weight excluding hydrogens is 214 g/mol. The summed E-state index contributed by atoms with van der Waals surface area (Å²) in [4.78, 5) is 8.14. The van der Waals surface area contributed by atoms with Crippen molar-refractivity contribution >= 4 is 22.6 Å². The maximum atomic E-state index is 10.8. The van der Waals surface area contributed by atoms with Gasteiger partial charge in [-0.1, -0.05) is 0 Å². The number of nitrogens with one attached hydrogen (secondary N) is 2. The number of hydrazine groups is 1. The molecule has 0 aliphatic heterocycles. The van der Waals surface area contributed by atoms with Crippen LogP contribution in [0.1, 0.15) is 5.69 Å². The fraction of sp³-hybridized carbons (Fsp3) is 0.500. The van der Waals surface area contributed by atoms with Gasteiger partial charge in [0.25, 0.3) is 0 Å². The molecule has 0 amide bonds. The molecule has 1 aromatic heterocycles. The zero-order valence-corrected chi connectivity index (χ0v) is 9.60. The van der Waals surface area contributed by atoms with Crippen molar-refractivity contribution < 1.29 is 4.21 Å². The number of anilines is 2. The summed E-state index contributed by atoms with van der Waals surface area (Å²) in [5.74, 6) is 6.86. The Labute approximate surface area is 91.1 Å². The molecule has 0 spiro atoms. The fourth-order valence-corrected chi connectivity index (χ4v) is 1.44. The lowest BCUT2D eigenvalue weighted by Crippen LogP contribution is -2.14. The van der Waals surface area contributed by atoms with Crippen LogP contribution >= 0.6 is 0 Å². The van der Waals surface area contributed by atoms with Crippen LogP contribution in [0.25, 0.3) is 0 Å². The lowest BCUT2D eigenvalue weighted by Gasteiger charge is -2.06. The van der Waals surface area contributed by atoms with Crippen LogP contribution < -0.4 is 16.6 Å². The van der Waals surface area contributed by atoms with Crippen molar-refractivity contribution in [3.05, 3.63) is 11.8 Å². The third-order valence-electron chi connectivity index (χ3n) is 1.68. The van der Waals surface area contributed by atoms with Crippen LogP contribution in [0.3, 0.4) is 0 Å². The van der Waals surface area contributed by atoms with Crippen molar-refractivity contribution in [2.75, 3.05) is 29.3 Å². The van der Waals surface area contributed by atoms with Gasteiger partial charge in [0.05, 0.1) is 0 Å². The van der Waals surface area contributed by atoms with Crippen molar-refractivity contribution in [3.63, 3.8) is 0 Å². The van der Waals surface area contributed by atoms with Crippen molar-refractivity contribution in [2.24, 2.45) is 5.84 Å². The molecule has 0 aliphatic carbocycles. The number of nitrogen functional groups attached to an aromatic ring is 1. The topological polar surface area (TPSA) is 92.9 Å². The van der Waals surface area contributed by atoms with Gasteiger partial charge in [0.15, 0.2) is 0 Å². The number of hydrogen-bond acceptors (Lipinski definition) is 6. The van der Waals surface area contributed by atoms with Crippen molar-refractivity contribution in [3.8, 4) is 0 Å². The molecule has 0 saturated heterocycles. The SMILES string of the molecule is Cc1cc(NCCS(C)=O)nc(NN)n1. The Morgan fingerprint density at radius 1 is 1.53 bits per heavy atom. The Kier molecular flexibility index (Phi) is 4.44. The average molecular weight is 229 g/mol. The predicted molar refractivity (Wildman–Crippen MR) is 62.0 cm³/mol. The summed E-state index contributed by atoms with van der Waals surface area (Å²) in [6.45, 7) is 2.47. The third kappa shape index (κ3) is 4.22. The van der Waals surface area contributed by atoms with Gasteiger partial charge in [0.2, 0.25) is 5.95 Å². The zero-order valence-electron chi connectivity index (χ0n) is 8.78. The Bertz CT molecular complexity index is 357. The number of rotatable bonds is 5. The van der Waals surface area contributed by atoms with Gasteiger partial charge in [-0.15, -0.1) is 0 Å². The van der Waals surface area contributed by atoms with Gasteiger partial charge in [-0.2, -0.15) is 4.98 Å². The summed E-state index contributed by atoms with van der Waals surface area (Å²) in [6, 6.07) is 1.80. The molecule has 1 unspecified atom stereocenters. The molecule has 84 valence electrons. The smallest absolute Gasteiger partial charge is 0.239 e. The molecule has 0 aliphatic rings. The second-order valence-electron chi connectivity index (χ2n) is 3.07. The molecule has 0 bridgehead atoms. The summed E-state index contributed by atoms with van der Waals surface area (Å²) < 4.78 is 10.8. The van der Waals surface area contributed by atoms with Crippen LogP contribution in [0.5, 0.6) is 0 Å². The van der Waals surface area contributed by atoms with E-state index in [1.165, 1.54) is 0 Å². The highest BCUT2D eigenvalue weighted by atomic mass is 32.2. The fourth-order valence-electron chi connectivity index (χ4n) is 1.05. The molecule has 0 radical (unpaired) electrons. The van der Waals surface area contributed by atoms with E-state index in [-0.39, 0.29) is 0 Å². The molecule has 1 rings (SSSR count). The van der Waals surface area contributed by atoms with E-state index < -0.39 is 10.8 Å². The van der Waals surface area contributed by atoms with Gasteiger partial charge in [-0.25, -0.2) is 10.8 Å². The molecule has 4 N–H and O–H groups in total. The molecule has 15 heavy (non-hydrogen) atoms. The molecule has 1 heterocycles. The summed E-state index contributed by atoms with van der Waals surface area (Å²) >= 11 is 0. The normalized spacial score (nSPS) is 12.2. The molecule has 0 aromatic carbocycles. The Morgan fingerprint density at radius 2 is 2.27 bits per heavy atom. The van der Waals surface area contributed by atoms with E-state index in [1.807, 2.05) is 6.92 Å². The molecule has 1 atom stereocenters. The van der Waals surface area contributed by atoms with Crippen molar-refractivity contribution in [1.29, 1.82) is 0 Å². The highest BCUT2D eigenvalue weighted by Gasteiger charge is 2.00. The van der Waals surface area contributed by atoms with E-state index in [1.54, 1.807) is 12.3 Å². The summed E-state index contributed by atoms with van der Waals surface area (Å²) in [6.07, 6.45) is 1.67. The standard InChI is InChI=1S/C8H15N5OS/c1-6-5-7(10-3-4-15(2)14)12-8(11-6)13-9/h5H,3-4,9H2,1-2H3,(H2,10,11,12,13). The maximum absolute atomic E-state index is 10.8. The van der Waals surface area contributed by atoms with Crippen LogP contribution in [-0.2, 0) is 10.8 Å². The van der Waals surface area contributed by atoms with Crippen LogP contribution in [-0.4, -0.2) is 32.7 Å². The summed E-state index contributed by atoms with van der Waals surface area (Å²) in [7, 11) is -0.798. The van der Waals surface area contributed by atoms with Crippen LogP contribution in [0.2, 0.25) is 0 Å². The minimum absolute atomic E-state index is 0.370. The highest BCUT2D eigenvalue weighted by Crippen LogP contribution is 2.07. The quantitative estimate of drug-likeness (QED) is 0.481. The van der Waals surface area contributed by atoms with E-state index in [9.17, 15) is 4.21 Å². The van der Waals surface area contributed by atoms with E-state index in [2.05, 4.69) is 20.7 Å². The third-order valence-corrected chi connectivity index (χ3v) is 2.46. The Morgan fingerprint density at radius 3 is 2.87 bits per heavy atom. The second kappa shape index (κ2) is 5.62. The second-order valence-corrected chi connectivity index (χ2v) is 4.62. The van der Waals surface area contributed by atoms with Crippen molar-refractivity contribution in [1.82, 2.24) is 9.97 Å². The molecule has 6 nitrogen and oxygen atoms in total. The molecular formula is C8H15N5OS. The van der Waals surface area contributed by atoms with Crippen LogP contribution in [0.4, 0.5) is 11.8 Å². The number of nitrogens with zero attached hydrogens (tertiary/aromatic N) is 2. The van der Waals surface area contributed by atoms with Crippen LogP contribution in [0.15, 0.2) is 6.07 Å². The zero-order chi connectivity index (χ0) is 11.3. The van der Waals surface area contributed by atoms with Gasteiger partial charge in [-0.05, 0) is 6.92 Å². The summed E-state index contributed by atoms with van der Waals surface area (Å²) in [5, 5.41) is 3.05. The minimum atomic E-state index is -0.798. The molecule has 0 saturated carbocycles. The maximum Gasteiger partial charge on any atom is 0.239 e. The number of nitrogens with two attached hydrogens (primary N) is 1. The number of hydrogen-bond donors (Lipinski definition) is 3. The first-order valence-corrected chi connectivity index (χ1v) is 6.20. The van der Waals surface area contributed by atoms with Gasteiger partial charge in [0.1, 0.15) is 5.82 Å². The molecule has 0 fully saturated rings. The number of aromatic nitrogens is 2. The lowest BCUT2D eigenvalue weighted by atomic mass is 10.4. The molecule has 7 heteroatoms. The van der Waals surface area contributed by atoms with Crippen LogP contribution in [0, 0.1) is 6.92 Å².